The van der Waals surface area contributed by atoms with Gasteiger partial charge in [0.05, 0.1) is 5.52 Å². The number of benzene rings is 1. The Labute approximate surface area is 60.8 Å². The Balaban J connectivity index is 0.000000605. The topological polar surface area (TPSA) is 12.9 Å². The molecule has 0 atom stereocenters. The van der Waals surface area contributed by atoms with Crippen LogP contribution < -0.4 is 0 Å². The van der Waals surface area contributed by atoms with Crippen LogP contribution in [0.5, 0.6) is 0 Å². The van der Waals surface area contributed by atoms with Gasteiger partial charge < -0.3 is 0 Å². The van der Waals surface area contributed by atoms with Crippen LogP contribution in [0.25, 0.3) is 10.9 Å². The fourth-order valence-electron chi connectivity index (χ4n) is 0.961. The summed E-state index contributed by atoms with van der Waals surface area (Å²) in [5, 5.41) is 1.14. The third kappa shape index (κ3) is 0.760. The summed E-state index contributed by atoms with van der Waals surface area (Å²) in [6.07, 6.45) is 1.68. The molecule has 0 unspecified atom stereocenters. The van der Waals surface area contributed by atoms with E-state index >= 15 is 0 Å². The van der Waals surface area contributed by atoms with Gasteiger partial charge in [-0.25, -0.2) is 0 Å². The molecule has 1 nitrogen and oxygen atoms in total. The molecule has 0 aliphatic carbocycles. The van der Waals surface area contributed by atoms with Crippen molar-refractivity contribution >= 4 is 10.9 Å². The van der Waals surface area contributed by atoms with Crippen LogP contribution in [-0.2, 0) is 0 Å². The number of hydrogen-bond acceptors (Lipinski definition) is 1. The van der Waals surface area contributed by atoms with Crippen LogP contribution in [0, 0.1) is 6.07 Å². The molecule has 0 saturated heterocycles. The predicted octanol–water partition coefficient (Wildman–Crippen LogP) is 2.15. The average Bonchev–Trinajstić information content (AvgIpc) is 2.05. The van der Waals surface area contributed by atoms with Crippen LogP contribution in [-0.4, -0.2) is 4.98 Å². The molecular weight excluding hydrogens is 122 g/mol. The number of pyridine rings is 1. The number of rotatable bonds is 0. The van der Waals surface area contributed by atoms with Gasteiger partial charge in [0.15, 0.2) is 0 Å². The van der Waals surface area contributed by atoms with Crippen LogP contribution in [0.1, 0.15) is 1.43 Å². The van der Waals surface area contributed by atoms with Crippen molar-refractivity contribution in [2.45, 2.75) is 0 Å². The lowest BCUT2D eigenvalue weighted by Gasteiger charge is -1.91. The summed E-state index contributed by atoms with van der Waals surface area (Å²) < 4.78 is 0. The molecule has 1 heterocycles. The highest BCUT2D eigenvalue weighted by Gasteiger charge is 1.86. The summed E-state index contributed by atoms with van der Waals surface area (Å²) in [6.45, 7) is 0. The van der Waals surface area contributed by atoms with Gasteiger partial charge in [-0.3, -0.25) is 4.98 Å². The van der Waals surface area contributed by atoms with Crippen molar-refractivity contribution in [1.29, 1.82) is 0 Å². The summed E-state index contributed by atoms with van der Waals surface area (Å²) in [7, 11) is 0. The standard InChI is InChI=1S/C9H6N/c1-2-6-9-8(4-1)5-3-7-10-9/h1-2,4-7H/p+1. The zero-order valence-electron chi connectivity index (χ0n) is 6.41. The normalized spacial score (nSPS) is 10.0. The van der Waals surface area contributed by atoms with Gasteiger partial charge in [0.1, 0.15) is 0 Å². The third-order valence-corrected chi connectivity index (χ3v) is 1.45. The van der Waals surface area contributed by atoms with Gasteiger partial charge in [-0.05, 0) is 12.1 Å². The summed E-state index contributed by atoms with van der Waals surface area (Å²) >= 11 is 0. The molecule has 0 aliphatic rings. The molecule has 47 valence electrons. The highest BCUT2D eigenvalue weighted by Crippen LogP contribution is 2.07. The van der Waals surface area contributed by atoms with Gasteiger partial charge in [-0.1, -0.05) is 18.2 Å². The molecule has 0 amide bonds. The first-order chi connectivity index (χ1) is 4.97. The molecule has 2 rings (SSSR count). The molecule has 1 heteroatoms. The maximum absolute atomic E-state index is 4.13. The Morgan fingerprint density at radius 1 is 1.30 bits per heavy atom. The van der Waals surface area contributed by atoms with Gasteiger partial charge >= 0.3 is 1.43 Å². The second kappa shape index (κ2) is 2.10. The first kappa shape index (κ1) is 5.42. The highest BCUT2D eigenvalue weighted by atomic mass is 14.6. The fraction of sp³-hybridized carbons (Fsp3) is 0. The molecule has 0 spiro atoms. The molecule has 1 aromatic heterocycles. The van der Waals surface area contributed by atoms with Crippen molar-refractivity contribution in [1.82, 2.24) is 4.98 Å². The van der Waals surface area contributed by atoms with Gasteiger partial charge in [0.2, 0.25) is 0 Å². The Hall–Kier alpha value is -1.37. The molecule has 1 aromatic carbocycles. The number of fused-ring (bicyclic) bond motifs is 1. The Bertz CT molecular complexity index is 281. The van der Waals surface area contributed by atoms with Crippen LogP contribution in [0.2, 0.25) is 0 Å². The molecule has 0 N–H and O–H groups in total. The van der Waals surface area contributed by atoms with Crippen LogP contribution >= 0.6 is 0 Å². The van der Waals surface area contributed by atoms with Crippen molar-refractivity contribution in [3.05, 3.63) is 42.6 Å². The molecule has 1 radical (unpaired) electrons. The monoisotopic (exact) mass is 129 g/mol. The van der Waals surface area contributed by atoms with E-state index in [2.05, 4.69) is 11.1 Å². The molecule has 10 heavy (non-hydrogen) atoms. The zero-order chi connectivity index (χ0) is 6.81. The molecule has 2 aromatic rings. The number of nitrogens with zero attached hydrogens (tertiary/aromatic N) is 1. The minimum absolute atomic E-state index is 0. The van der Waals surface area contributed by atoms with Gasteiger partial charge in [-0.15, -0.1) is 0 Å². The summed E-state index contributed by atoms with van der Waals surface area (Å²) in [5.74, 6) is 0. The van der Waals surface area contributed by atoms with E-state index in [4.69, 9.17) is 0 Å². The molecule has 0 aliphatic heterocycles. The van der Waals surface area contributed by atoms with Crippen LogP contribution in [0.15, 0.2) is 36.5 Å². The minimum Gasteiger partial charge on any atom is -0.256 e. The fourth-order valence-corrected chi connectivity index (χ4v) is 0.961. The smallest absolute Gasteiger partial charge is 0.256 e. The van der Waals surface area contributed by atoms with E-state index in [0.29, 0.717) is 0 Å². The summed E-state index contributed by atoms with van der Waals surface area (Å²) in [5.41, 5.74) is 1.03. The second-order valence-electron chi connectivity index (χ2n) is 2.13. The van der Waals surface area contributed by atoms with Crippen LogP contribution in [0.4, 0.5) is 0 Å². The maximum atomic E-state index is 4.13. The van der Waals surface area contributed by atoms with E-state index in [1.165, 1.54) is 0 Å². The van der Waals surface area contributed by atoms with Crippen molar-refractivity contribution in [2.24, 2.45) is 0 Å². The first-order valence-electron chi connectivity index (χ1n) is 3.18. The number of aromatic nitrogens is 1. The second-order valence-corrected chi connectivity index (χ2v) is 2.13. The van der Waals surface area contributed by atoms with Gasteiger partial charge in [-0.2, -0.15) is 0 Å². The summed E-state index contributed by atoms with van der Waals surface area (Å²) in [6, 6.07) is 12.9. The molecule has 0 fully saturated rings. The van der Waals surface area contributed by atoms with E-state index in [1.54, 1.807) is 6.20 Å². The lowest BCUT2D eigenvalue weighted by molar-refractivity contribution is 1.41. The Morgan fingerprint density at radius 2 is 2.20 bits per heavy atom. The van der Waals surface area contributed by atoms with E-state index < -0.39 is 0 Å². The largest absolute Gasteiger partial charge is 1.00 e. The highest BCUT2D eigenvalue weighted by molar-refractivity contribution is 5.77. The van der Waals surface area contributed by atoms with Gasteiger partial charge in [0, 0.05) is 17.6 Å². The van der Waals surface area contributed by atoms with E-state index in [1.807, 2.05) is 30.3 Å². The zero-order valence-corrected chi connectivity index (χ0v) is 5.41. The van der Waals surface area contributed by atoms with Crippen molar-refractivity contribution in [2.75, 3.05) is 0 Å². The minimum atomic E-state index is 0. The van der Waals surface area contributed by atoms with E-state index in [-0.39, 0.29) is 1.43 Å². The van der Waals surface area contributed by atoms with E-state index in [9.17, 15) is 0 Å². The first-order valence-corrected chi connectivity index (χ1v) is 3.18. The molecular formula is C9H7N+. The van der Waals surface area contributed by atoms with Crippen molar-refractivity contribution < 1.29 is 1.43 Å². The quantitative estimate of drug-likeness (QED) is 0.531. The van der Waals surface area contributed by atoms with Crippen molar-refractivity contribution in [3.63, 3.8) is 0 Å². The van der Waals surface area contributed by atoms with Crippen LogP contribution in [0.3, 0.4) is 0 Å². The molecule has 0 bridgehead atoms. The third-order valence-electron chi connectivity index (χ3n) is 1.45. The SMILES string of the molecule is [H+].[c]1cnc2ccccc2c1. The van der Waals surface area contributed by atoms with Gasteiger partial charge in [0.25, 0.3) is 0 Å². The number of para-hydroxylation sites is 1. The maximum Gasteiger partial charge on any atom is 1.00 e. The number of hydrogen-bond donors (Lipinski definition) is 0. The average molecular weight is 129 g/mol. The Kier molecular flexibility index (Phi) is 1.14. The van der Waals surface area contributed by atoms with E-state index in [0.717, 1.165) is 10.9 Å². The predicted molar refractivity (Wildman–Crippen MR) is 41.7 cm³/mol. The van der Waals surface area contributed by atoms with Crippen molar-refractivity contribution in [3.8, 4) is 0 Å². The Morgan fingerprint density at radius 3 is 3.10 bits per heavy atom. The molecule has 0 saturated carbocycles. The summed E-state index contributed by atoms with van der Waals surface area (Å²) in [4.78, 5) is 4.13. The lowest BCUT2D eigenvalue weighted by Crippen LogP contribution is -1.73. The lowest BCUT2D eigenvalue weighted by atomic mass is 10.2.